The van der Waals surface area contributed by atoms with Gasteiger partial charge in [-0.25, -0.2) is 4.79 Å². The normalized spacial score (nSPS) is 11.6. The molecule has 0 atom stereocenters. The molecule has 0 aromatic rings. The average molecular weight is 175 g/mol. The van der Waals surface area contributed by atoms with Gasteiger partial charge in [-0.2, -0.15) is 5.26 Å². The number of amides is 1. The van der Waals surface area contributed by atoms with Crippen molar-refractivity contribution in [3.63, 3.8) is 0 Å². The highest BCUT2D eigenvalue weighted by Gasteiger charge is 2.30. The molecule has 4 heteroatoms. The van der Waals surface area contributed by atoms with E-state index in [-0.39, 0.29) is 11.6 Å². The maximum absolute atomic E-state index is 11.1. The predicted molar refractivity (Wildman–Crippen MR) is 45.8 cm³/mol. The molecule has 4 nitrogen and oxygen atoms in total. The van der Waals surface area contributed by atoms with Crippen LogP contribution in [0.3, 0.4) is 0 Å². The van der Waals surface area contributed by atoms with Gasteiger partial charge < -0.3 is 0 Å². The Morgan fingerprint density at radius 2 is 1.83 bits per heavy atom. The van der Waals surface area contributed by atoms with Gasteiger partial charge in [-0.05, 0) is 34.6 Å². The van der Waals surface area contributed by atoms with Crippen LogP contribution in [0.1, 0.15) is 34.6 Å². The largest absolute Gasteiger partial charge is 0.441 e. The lowest BCUT2D eigenvalue weighted by molar-refractivity contribution is -0.194. The number of rotatable bonds is 1. The fourth-order valence-corrected chi connectivity index (χ4v) is 1.30. The van der Waals surface area contributed by atoms with E-state index < -0.39 is 6.09 Å². The van der Waals surface area contributed by atoms with Crippen molar-refractivity contribution in [3.8, 4) is 0 Å². The summed E-state index contributed by atoms with van der Waals surface area (Å²) in [7, 11) is 0. The lowest BCUT2D eigenvalue weighted by Gasteiger charge is -2.36. The fraction of sp³-hybridized carbons (Fsp3) is 0.875. The molecule has 0 saturated heterocycles. The molecule has 0 heterocycles. The summed E-state index contributed by atoms with van der Waals surface area (Å²) in [5.41, 5.74) is -0.339. The maximum Gasteiger partial charge on any atom is 0.441 e. The second-order valence-corrected chi connectivity index (χ2v) is 3.99. The van der Waals surface area contributed by atoms with E-state index in [2.05, 4.69) is 4.89 Å². The second kappa shape index (κ2) is 3.76. The fourth-order valence-electron chi connectivity index (χ4n) is 1.30. The quantitative estimate of drug-likeness (QED) is 0.490. The van der Waals surface area contributed by atoms with Crippen molar-refractivity contribution in [1.82, 2.24) is 4.90 Å². The van der Waals surface area contributed by atoms with Gasteiger partial charge in [0.2, 0.25) is 0 Å². The number of hydrogen-bond acceptors (Lipinski definition) is 3. The monoisotopic (exact) mass is 175 g/mol. The van der Waals surface area contributed by atoms with Gasteiger partial charge >= 0.3 is 6.09 Å². The van der Waals surface area contributed by atoms with Crippen molar-refractivity contribution < 1.29 is 14.9 Å². The highest BCUT2D eigenvalue weighted by Crippen LogP contribution is 2.17. The number of hydrogen-bond donors (Lipinski definition) is 1. The van der Waals surface area contributed by atoms with E-state index in [1.54, 1.807) is 0 Å². The van der Waals surface area contributed by atoms with Gasteiger partial charge in [-0.1, -0.05) is 0 Å². The smallest absolute Gasteiger partial charge is 0.299 e. The number of nitrogens with zero attached hydrogens (tertiary/aromatic N) is 1. The van der Waals surface area contributed by atoms with Gasteiger partial charge in [0, 0.05) is 11.6 Å². The lowest BCUT2D eigenvalue weighted by Crippen LogP contribution is -2.49. The van der Waals surface area contributed by atoms with Crippen molar-refractivity contribution in [2.24, 2.45) is 0 Å². The van der Waals surface area contributed by atoms with Crippen LogP contribution >= 0.6 is 0 Å². The summed E-state index contributed by atoms with van der Waals surface area (Å²) >= 11 is 0. The van der Waals surface area contributed by atoms with Crippen LogP contribution in [0.25, 0.3) is 0 Å². The predicted octanol–water partition coefficient (Wildman–Crippen LogP) is 2.10. The maximum atomic E-state index is 11.1. The van der Waals surface area contributed by atoms with Crippen molar-refractivity contribution in [2.45, 2.75) is 46.2 Å². The van der Waals surface area contributed by atoms with Crippen LogP contribution in [-0.2, 0) is 4.89 Å². The summed E-state index contributed by atoms with van der Waals surface area (Å²) < 4.78 is 0. The summed E-state index contributed by atoms with van der Waals surface area (Å²) in [6, 6.07) is 0.00431. The van der Waals surface area contributed by atoms with Crippen molar-refractivity contribution >= 4 is 6.09 Å². The molecule has 72 valence electrons. The summed E-state index contributed by atoms with van der Waals surface area (Å²) in [6.07, 6.45) is -0.711. The number of carbonyl (C=O) groups excluding carboxylic acids is 1. The molecule has 0 spiro atoms. The molecule has 0 unspecified atom stereocenters. The first-order valence-electron chi connectivity index (χ1n) is 3.95. The zero-order valence-corrected chi connectivity index (χ0v) is 8.29. The molecule has 0 aromatic heterocycles. The molecular formula is C8H17NO3. The first-order chi connectivity index (χ1) is 5.30. The van der Waals surface area contributed by atoms with E-state index in [1.165, 1.54) is 4.90 Å². The Balaban J connectivity index is 4.56. The van der Waals surface area contributed by atoms with Gasteiger partial charge in [0.15, 0.2) is 0 Å². The summed E-state index contributed by atoms with van der Waals surface area (Å²) in [5.74, 6) is 0. The first kappa shape index (κ1) is 11.2. The molecule has 0 aliphatic rings. The summed E-state index contributed by atoms with van der Waals surface area (Å²) in [5, 5.41) is 8.23. The molecule has 0 aromatic carbocycles. The Morgan fingerprint density at radius 3 is 1.92 bits per heavy atom. The van der Waals surface area contributed by atoms with Gasteiger partial charge in [0.25, 0.3) is 0 Å². The minimum absolute atomic E-state index is 0.00431. The Kier molecular flexibility index (Phi) is 3.52. The van der Waals surface area contributed by atoms with Crippen molar-refractivity contribution in [3.05, 3.63) is 0 Å². The SMILES string of the molecule is CC(C)N(C(=O)OO)C(C)(C)C. The van der Waals surface area contributed by atoms with Crippen LogP contribution in [-0.4, -0.2) is 27.8 Å². The molecule has 0 bridgehead atoms. The highest BCUT2D eigenvalue weighted by molar-refractivity contribution is 5.68. The van der Waals surface area contributed by atoms with Crippen LogP contribution in [0.2, 0.25) is 0 Å². The van der Waals surface area contributed by atoms with E-state index in [4.69, 9.17) is 5.26 Å². The van der Waals surface area contributed by atoms with Gasteiger partial charge in [0.1, 0.15) is 0 Å². The Bertz CT molecular complexity index is 160. The third-order valence-corrected chi connectivity index (χ3v) is 1.51. The van der Waals surface area contributed by atoms with Crippen LogP contribution in [0.4, 0.5) is 4.79 Å². The molecule has 0 radical (unpaired) electrons. The Labute approximate surface area is 73.1 Å². The zero-order chi connectivity index (χ0) is 9.94. The van der Waals surface area contributed by atoms with Crippen molar-refractivity contribution in [1.29, 1.82) is 0 Å². The molecule has 0 rings (SSSR count). The van der Waals surface area contributed by atoms with Crippen molar-refractivity contribution in [2.75, 3.05) is 0 Å². The standard InChI is InChI=1S/C8H17NO3/c1-6(2)9(7(10)12-11)8(3,4)5/h6,11H,1-5H3. The first-order valence-corrected chi connectivity index (χ1v) is 3.95. The van der Waals surface area contributed by atoms with E-state index >= 15 is 0 Å². The minimum atomic E-state index is -0.711. The zero-order valence-electron chi connectivity index (χ0n) is 8.29. The molecule has 0 aliphatic carbocycles. The molecule has 12 heavy (non-hydrogen) atoms. The molecular weight excluding hydrogens is 158 g/mol. The Morgan fingerprint density at radius 1 is 1.42 bits per heavy atom. The van der Waals surface area contributed by atoms with E-state index in [0.29, 0.717) is 0 Å². The third kappa shape index (κ3) is 2.70. The van der Waals surface area contributed by atoms with E-state index in [0.717, 1.165) is 0 Å². The van der Waals surface area contributed by atoms with Gasteiger partial charge in [0.05, 0.1) is 0 Å². The van der Waals surface area contributed by atoms with E-state index in [9.17, 15) is 4.79 Å². The van der Waals surface area contributed by atoms with Crippen LogP contribution in [0.5, 0.6) is 0 Å². The average Bonchev–Trinajstić information content (AvgIpc) is 1.83. The van der Waals surface area contributed by atoms with Gasteiger partial charge in [-0.15, -0.1) is 0 Å². The van der Waals surface area contributed by atoms with Gasteiger partial charge in [-0.3, -0.25) is 9.79 Å². The summed E-state index contributed by atoms with van der Waals surface area (Å²) in [6.45, 7) is 9.36. The minimum Gasteiger partial charge on any atom is -0.299 e. The molecule has 1 N–H and O–H groups in total. The third-order valence-electron chi connectivity index (χ3n) is 1.51. The lowest BCUT2D eigenvalue weighted by atomic mass is 10.1. The van der Waals surface area contributed by atoms with E-state index in [1.807, 2.05) is 34.6 Å². The molecule has 0 aliphatic heterocycles. The van der Waals surface area contributed by atoms with Crippen LogP contribution < -0.4 is 0 Å². The number of carbonyl (C=O) groups is 1. The van der Waals surface area contributed by atoms with Crippen LogP contribution in [0.15, 0.2) is 0 Å². The second-order valence-electron chi connectivity index (χ2n) is 3.99. The molecule has 0 saturated carbocycles. The van der Waals surface area contributed by atoms with Crippen LogP contribution in [0, 0.1) is 0 Å². The molecule has 0 fully saturated rings. The topological polar surface area (TPSA) is 49.8 Å². The molecule has 1 amide bonds. The summed E-state index contributed by atoms with van der Waals surface area (Å²) in [4.78, 5) is 16.2. The highest BCUT2D eigenvalue weighted by atomic mass is 17.1. The Hall–Kier alpha value is -0.770.